The molecule has 0 radical (unpaired) electrons. The van der Waals surface area contributed by atoms with E-state index in [2.05, 4.69) is 24.3 Å². The average Bonchev–Trinajstić information content (AvgIpc) is 2.91. The van der Waals surface area contributed by atoms with E-state index in [4.69, 9.17) is 0 Å². The van der Waals surface area contributed by atoms with E-state index in [1.165, 1.54) is 0 Å². The molecule has 2 rings (SSSR count). The molecule has 1 fully saturated rings. The molecule has 5 nitrogen and oxygen atoms in total. The molecule has 2 N–H and O–H groups in total. The first-order valence-corrected chi connectivity index (χ1v) is 8.58. The van der Waals surface area contributed by atoms with Gasteiger partial charge in [0, 0.05) is 24.3 Å². The van der Waals surface area contributed by atoms with Gasteiger partial charge < -0.3 is 10.4 Å². The zero-order valence-corrected chi connectivity index (χ0v) is 14.0. The molecule has 2 unspecified atom stereocenters. The van der Waals surface area contributed by atoms with Crippen LogP contribution in [0.2, 0.25) is 0 Å². The van der Waals surface area contributed by atoms with E-state index in [1.807, 2.05) is 11.6 Å². The second-order valence-electron chi connectivity index (χ2n) is 6.37. The van der Waals surface area contributed by atoms with Crippen LogP contribution in [0.25, 0.3) is 0 Å². The van der Waals surface area contributed by atoms with Gasteiger partial charge in [0.25, 0.3) is 5.91 Å². The normalized spacial score (nSPS) is 22.0. The van der Waals surface area contributed by atoms with Crippen LogP contribution in [-0.4, -0.2) is 33.4 Å². The van der Waals surface area contributed by atoms with E-state index < -0.39 is 0 Å². The minimum atomic E-state index is -0.0555. The molecular formula is C17H29N3O2. The third-order valence-electron chi connectivity index (χ3n) is 5.04. The summed E-state index contributed by atoms with van der Waals surface area (Å²) in [7, 11) is 0. The van der Waals surface area contributed by atoms with Crippen LogP contribution in [0.4, 0.5) is 0 Å². The number of aliphatic hydroxyl groups excluding tert-OH is 1. The first kappa shape index (κ1) is 17.0. The highest BCUT2D eigenvalue weighted by atomic mass is 16.3. The zero-order chi connectivity index (χ0) is 16.1. The highest BCUT2D eigenvalue weighted by Gasteiger charge is 2.27. The van der Waals surface area contributed by atoms with Crippen LogP contribution >= 0.6 is 0 Å². The Morgan fingerprint density at radius 1 is 1.41 bits per heavy atom. The number of amides is 1. The number of rotatable bonds is 6. The molecule has 0 saturated heterocycles. The summed E-state index contributed by atoms with van der Waals surface area (Å²) in [6, 6.07) is 0.434. The summed E-state index contributed by atoms with van der Waals surface area (Å²) in [5, 5.41) is 17.0. The van der Waals surface area contributed by atoms with Crippen LogP contribution in [0.5, 0.6) is 0 Å². The van der Waals surface area contributed by atoms with Crippen LogP contribution in [-0.2, 0) is 0 Å². The lowest BCUT2D eigenvalue weighted by Gasteiger charge is -2.30. The Hall–Kier alpha value is -1.36. The number of carbonyl (C=O) groups excluding carboxylic acids is 1. The second-order valence-corrected chi connectivity index (χ2v) is 6.37. The molecule has 0 spiro atoms. The molecule has 0 aromatic carbocycles. The van der Waals surface area contributed by atoms with E-state index in [1.54, 1.807) is 6.20 Å². The van der Waals surface area contributed by atoms with Crippen LogP contribution < -0.4 is 5.32 Å². The smallest absolute Gasteiger partial charge is 0.254 e. The maximum absolute atomic E-state index is 12.6. The van der Waals surface area contributed by atoms with Crippen molar-refractivity contribution in [2.75, 3.05) is 6.61 Å². The van der Waals surface area contributed by atoms with Gasteiger partial charge in [0.1, 0.15) is 0 Å². The Kier molecular flexibility index (Phi) is 6.00. The molecule has 1 amide bonds. The van der Waals surface area contributed by atoms with Crippen molar-refractivity contribution in [3.05, 3.63) is 17.5 Å². The van der Waals surface area contributed by atoms with Crippen LogP contribution in [0.1, 0.15) is 74.5 Å². The molecule has 22 heavy (non-hydrogen) atoms. The minimum Gasteiger partial charge on any atom is -0.396 e. The maximum Gasteiger partial charge on any atom is 0.254 e. The van der Waals surface area contributed by atoms with Crippen molar-refractivity contribution in [2.45, 2.75) is 71.4 Å². The van der Waals surface area contributed by atoms with E-state index in [9.17, 15) is 9.90 Å². The summed E-state index contributed by atoms with van der Waals surface area (Å²) in [6.07, 6.45) is 7.91. The molecule has 0 aliphatic heterocycles. The SMILES string of the molecule is CCC(CC)n1ncc(C(=O)NC2CCCCC2CO)c1C. The number of hydrogen-bond donors (Lipinski definition) is 2. The molecule has 1 aliphatic rings. The Morgan fingerprint density at radius 2 is 2.09 bits per heavy atom. The first-order valence-electron chi connectivity index (χ1n) is 8.58. The van der Waals surface area contributed by atoms with Crippen molar-refractivity contribution < 1.29 is 9.90 Å². The van der Waals surface area contributed by atoms with E-state index in [0.717, 1.165) is 44.2 Å². The zero-order valence-electron chi connectivity index (χ0n) is 14.0. The Labute approximate surface area is 133 Å². The molecular weight excluding hydrogens is 278 g/mol. The maximum atomic E-state index is 12.6. The highest BCUT2D eigenvalue weighted by molar-refractivity contribution is 5.95. The van der Waals surface area contributed by atoms with Gasteiger partial charge in [0.05, 0.1) is 17.8 Å². The predicted octanol–water partition coefficient (Wildman–Crippen LogP) is 2.83. The number of aromatic nitrogens is 2. The average molecular weight is 307 g/mol. The Balaban J connectivity index is 2.09. The van der Waals surface area contributed by atoms with Gasteiger partial charge in [-0.25, -0.2) is 0 Å². The fourth-order valence-electron chi connectivity index (χ4n) is 3.51. The second kappa shape index (κ2) is 7.77. The standard InChI is InChI=1S/C17H29N3O2/c1-4-14(5-2)20-12(3)15(10-18-20)17(22)19-16-9-7-6-8-13(16)11-21/h10,13-14,16,21H,4-9,11H2,1-3H3,(H,19,22). The lowest BCUT2D eigenvalue weighted by Crippen LogP contribution is -2.43. The van der Waals surface area contributed by atoms with Gasteiger partial charge in [0.2, 0.25) is 0 Å². The fourth-order valence-corrected chi connectivity index (χ4v) is 3.51. The number of hydrogen-bond acceptors (Lipinski definition) is 3. The summed E-state index contributed by atoms with van der Waals surface area (Å²) >= 11 is 0. The molecule has 5 heteroatoms. The van der Waals surface area contributed by atoms with Crippen molar-refractivity contribution in [3.63, 3.8) is 0 Å². The summed E-state index contributed by atoms with van der Waals surface area (Å²) in [6.45, 7) is 6.40. The number of nitrogens with one attached hydrogen (secondary N) is 1. The third-order valence-corrected chi connectivity index (χ3v) is 5.04. The third kappa shape index (κ3) is 3.51. The monoisotopic (exact) mass is 307 g/mol. The van der Waals surface area contributed by atoms with Crippen molar-refractivity contribution in [1.82, 2.24) is 15.1 Å². The molecule has 1 aliphatic carbocycles. The van der Waals surface area contributed by atoms with Gasteiger partial charge in [-0.3, -0.25) is 9.48 Å². The summed E-state index contributed by atoms with van der Waals surface area (Å²) in [5.41, 5.74) is 1.59. The van der Waals surface area contributed by atoms with Crippen LogP contribution in [0.15, 0.2) is 6.20 Å². The molecule has 0 bridgehead atoms. The summed E-state index contributed by atoms with van der Waals surface area (Å²) in [5.74, 6) is 0.132. The van der Waals surface area contributed by atoms with Crippen LogP contribution in [0, 0.1) is 12.8 Å². The fraction of sp³-hybridized carbons (Fsp3) is 0.765. The first-order chi connectivity index (χ1) is 10.6. The molecule has 1 aromatic heterocycles. The van der Waals surface area contributed by atoms with Crippen molar-refractivity contribution >= 4 is 5.91 Å². The Bertz CT molecular complexity index is 494. The molecule has 1 aromatic rings. The van der Waals surface area contributed by atoms with Crippen LogP contribution in [0.3, 0.4) is 0 Å². The van der Waals surface area contributed by atoms with Gasteiger partial charge in [-0.1, -0.05) is 26.7 Å². The summed E-state index contributed by atoms with van der Waals surface area (Å²) in [4.78, 5) is 12.6. The quantitative estimate of drug-likeness (QED) is 0.849. The van der Waals surface area contributed by atoms with Crippen molar-refractivity contribution in [3.8, 4) is 0 Å². The number of carbonyl (C=O) groups is 1. The Morgan fingerprint density at radius 3 is 2.73 bits per heavy atom. The minimum absolute atomic E-state index is 0.0555. The van der Waals surface area contributed by atoms with Crippen molar-refractivity contribution in [2.24, 2.45) is 5.92 Å². The topological polar surface area (TPSA) is 67.2 Å². The molecule has 124 valence electrons. The van der Waals surface area contributed by atoms with Gasteiger partial charge in [0.15, 0.2) is 0 Å². The number of aliphatic hydroxyl groups is 1. The molecule has 2 atom stereocenters. The lowest BCUT2D eigenvalue weighted by atomic mass is 9.85. The van der Waals surface area contributed by atoms with Crippen molar-refractivity contribution in [1.29, 1.82) is 0 Å². The van der Waals surface area contributed by atoms with Gasteiger partial charge in [-0.2, -0.15) is 5.10 Å². The molecule has 1 heterocycles. The number of nitrogens with zero attached hydrogens (tertiary/aromatic N) is 2. The molecule has 1 saturated carbocycles. The largest absolute Gasteiger partial charge is 0.396 e. The predicted molar refractivity (Wildman–Crippen MR) is 86.9 cm³/mol. The highest BCUT2D eigenvalue weighted by Crippen LogP contribution is 2.25. The summed E-state index contributed by atoms with van der Waals surface area (Å²) < 4.78 is 1.97. The van der Waals surface area contributed by atoms with E-state index in [-0.39, 0.29) is 24.5 Å². The van der Waals surface area contributed by atoms with E-state index in [0.29, 0.717) is 11.6 Å². The van der Waals surface area contributed by atoms with Gasteiger partial charge in [-0.15, -0.1) is 0 Å². The van der Waals surface area contributed by atoms with Gasteiger partial charge >= 0.3 is 0 Å². The lowest BCUT2D eigenvalue weighted by molar-refractivity contribution is 0.0872. The van der Waals surface area contributed by atoms with E-state index >= 15 is 0 Å². The van der Waals surface area contributed by atoms with Gasteiger partial charge in [-0.05, 0) is 32.6 Å².